The van der Waals surface area contributed by atoms with Gasteiger partial charge in [-0.25, -0.2) is 4.79 Å². The second-order valence-corrected chi connectivity index (χ2v) is 8.28. The van der Waals surface area contributed by atoms with E-state index < -0.39 is 34.6 Å². The molecule has 0 saturated heterocycles. The molecule has 0 unspecified atom stereocenters. The summed E-state index contributed by atoms with van der Waals surface area (Å²) in [6.07, 6.45) is -0.918. The van der Waals surface area contributed by atoms with Crippen LogP contribution in [0.5, 0.6) is 5.75 Å². The third-order valence-corrected chi connectivity index (χ3v) is 4.83. The zero-order chi connectivity index (χ0) is 22.8. The van der Waals surface area contributed by atoms with Crippen LogP contribution < -0.4 is 15.0 Å². The molecule has 164 valence electrons. The molecule has 0 radical (unpaired) electrons. The van der Waals surface area contributed by atoms with Gasteiger partial charge in [0.15, 0.2) is 0 Å². The van der Waals surface area contributed by atoms with Gasteiger partial charge in [0.2, 0.25) is 12.1 Å². The van der Waals surface area contributed by atoms with E-state index in [0.717, 1.165) is 5.56 Å². The number of benzene rings is 2. The first-order chi connectivity index (χ1) is 14.6. The lowest BCUT2D eigenvalue weighted by molar-refractivity contribution is -0.488. The topological polar surface area (TPSA) is 111 Å². The minimum absolute atomic E-state index is 0.189. The Morgan fingerprint density at radius 1 is 1.19 bits per heavy atom. The molecule has 0 aliphatic carbocycles. The van der Waals surface area contributed by atoms with Gasteiger partial charge >= 0.3 is 6.09 Å². The van der Waals surface area contributed by atoms with Gasteiger partial charge in [-0.15, -0.1) is 0 Å². The number of nitrogens with one attached hydrogen (secondary N) is 1. The second kappa shape index (κ2) is 8.25. The summed E-state index contributed by atoms with van der Waals surface area (Å²) in [5.74, 6) is -0.200. The van der Waals surface area contributed by atoms with Crippen LogP contribution in [0.1, 0.15) is 31.9 Å². The molecule has 0 saturated carbocycles. The summed E-state index contributed by atoms with van der Waals surface area (Å²) in [5, 5.41) is 14.1. The molecular weight excluding hydrogens is 402 g/mol. The largest absolute Gasteiger partial charge is 0.497 e. The van der Waals surface area contributed by atoms with Crippen molar-refractivity contribution in [1.29, 1.82) is 0 Å². The summed E-state index contributed by atoms with van der Waals surface area (Å²) in [6, 6.07) is 14.1. The quantitative estimate of drug-likeness (QED) is 0.560. The van der Waals surface area contributed by atoms with Crippen LogP contribution in [0.15, 0.2) is 48.5 Å². The Hall–Kier alpha value is -3.62. The number of nitrogens with zero attached hydrogens (tertiary/aromatic N) is 2. The molecule has 9 heteroatoms. The first-order valence-corrected chi connectivity index (χ1v) is 9.73. The van der Waals surface area contributed by atoms with Gasteiger partial charge in [0, 0.05) is 10.5 Å². The van der Waals surface area contributed by atoms with Gasteiger partial charge in [-0.1, -0.05) is 30.3 Å². The van der Waals surface area contributed by atoms with E-state index in [4.69, 9.17) is 9.47 Å². The third-order valence-electron chi connectivity index (χ3n) is 4.83. The number of rotatable bonds is 6. The number of alkyl carbamates (subject to hydrolysis) is 1. The molecule has 0 spiro atoms. The van der Waals surface area contributed by atoms with Crippen molar-refractivity contribution in [3.8, 4) is 5.75 Å². The third kappa shape index (κ3) is 4.60. The number of methoxy groups -OCH3 is 1. The highest BCUT2D eigenvalue weighted by Gasteiger charge is 2.56. The fraction of sp³-hybridized carbons (Fsp3) is 0.364. The molecule has 2 amide bonds. The lowest BCUT2D eigenvalue weighted by Crippen LogP contribution is -2.57. The molecule has 0 bridgehead atoms. The van der Waals surface area contributed by atoms with E-state index in [2.05, 4.69) is 5.32 Å². The average Bonchev–Trinajstić information content (AvgIpc) is 2.89. The predicted octanol–water partition coefficient (Wildman–Crippen LogP) is 3.24. The first-order valence-electron chi connectivity index (χ1n) is 9.73. The van der Waals surface area contributed by atoms with E-state index in [1.807, 2.05) is 30.3 Å². The summed E-state index contributed by atoms with van der Waals surface area (Å²) in [7, 11) is 1.46. The highest BCUT2D eigenvalue weighted by atomic mass is 16.6. The van der Waals surface area contributed by atoms with Crippen molar-refractivity contribution in [2.24, 2.45) is 0 Å². The molecule has 0 aromatic heterocycles. The van der Waals surface area contributed by atoms with Crippen molar-refractivity contribution < 1.29 is 24.0 Å². The number of hydrogen-bond acceptors (Lipinski definition) is 6. The Bertz CT molecular complexity index is 1000. The molecular formula is C22H25N3O6. The minimum atomic E-state index is -1.93. The number of amides is 2. The van der Waals surface area contributed by atoms with E-state index in [-0.39, 0.29) is 12.1 Å². The van der Waals surface area contributed by atoms with Crippen LogP contribution in [0, 0.1) is 10.1 Å². The van der Waals surface area contributed by atoms with Crippen LogP contribution in [0.4, 0.5) is 10.5 Å². The van der Waals surface area contributed by atoms with Crippen molar-refractivity contribution in [2.75, 3.05) is 18.6 Å². The van der Waals surface area contributed by atoms with Crippen molar-refractivity contribution in [3.05, 3.63) is 69.8 Å². The normalized spacial score (nSPS) is 17.8. The van der Waals surface area contributed by atoms with Gasteiger partial charge in [0.05, 0.1) is 19.3 Å². The maximum absolute atomic E-state index is 13.6. The zero-order valence-corrected chi connectivity index (χ0v) is 17.9. The molecule has 31 heavy (non-hydrogen) atoms. The van der Waals surface area contributed by atoms with Gasteiger partial charge in [0.25, 0.3) is 5.91 Å². The Morgan fingerprint density at radius 2 is 1.87 bits per heavy atom. The molecule has 1 N–H and O–H groups in total. The molecule has 9 nitrogen and oxygen atoms in total. The fourth-order valence-electron chi connectivity index (χ4n) is 3.58. The predicted molar refractivity (Wildman–Crippen MR) is 114 cm³/mol. The lowest BCUT2D eigenvalue weighted by Gasteiger charge is -2.28. The summed E-state index contributed by atoms with van der Waals surface area (Å²) in [6.45, 7) is 4.36. The maximum atomic E-state index is 13.6. The Morgan fingerprint density at radius 3 is 2.45 bits per heavy atom. The summed E-state index contributed by atoms with van der Waals surface area (Å²) >= 11 is 0. The molecule has 0 fully saturated rings. The average molecular weight is 427 g/mol. The van der Waals surface area contributed by atoms with Crippen LogP contribution in [-0.4, -0.2) is 36.2 Å². The lowest BCUT2D eigenvalue weighted by atomic mass is 9.91. The van der Waals surface area contributed by atoms with Gasteiger partial charge in [-0.3, -0.25) is 20.2 Å². The molecule has 3 rings (SSSR count). The number of carbonyl (C=O) groups is 2. The minimum Gasteiger partial charge on any atom is -0.497 e. The van der Waals surface area contributed by atoms with Crippen LogP contribution in [0.25, 0.3) is 0 Å². The molecule has 2 aromatic rings. The van der Waals surface area contributed by atoms with E-state index in [1.165, 1.54) is 12.0 Å². The van der Waals surface area contributed by atoms with E-state index >= 15 is 0 Å². The second-order valence-electron chi connectivity index (χ2n) is 8.28. The van der Waals surface area contributed by atoms with E-state index in [0.29, 0.717) is 11.4 Å². The molecule has 1 heterocycles. The standard InChI is InChI=1S/C22H25N3O6/c1-21(2,3)31-20(27)23-22(14-25(28)29)17-12-16(30-4)10-11-18(17)24(19(22)26)13-15-8-6-5-7-9-15/h5-12H,13-14H2,1-4H3,(H,23,27)/t22-/m0/s1. The number of carbonyl (C=O) groups excluding carboxylic acids is 2. The first kappa shape index (κ1) is 22.1. The molecule has 1 aliphatic rings. The van der Waals surface area contributed by atoms with Crippen molar-refractivity contribution >= 4 is 17.7 Å². The zero-order valence-electron chi connectivity index (χ0n) is 17.9. The van der Waals surface area contributed by atoms with Gasteiger partial charge in [0.1, 0.15) is 11.4 Å². The summed E-state index contributed by atoms with van der Waals surface area (Å²) in [4.78, 5) is 38.7. The molecule has 2 aromatic carbocycles. The fourth-order valence-corrected chi connectivity index (χ4v) is 3.58. The van der Waals surface area contributed by atoms with Gasteiger partial charge < -0.3 is 14.4 Å². The Labute approximate surface area is 180 Å². The summed E-state index contributed by atoms with van der Waals surface area (Å²) < 4.78 is 10.6. The van der Waals surface area contributed by atoms with Gasteiger partial charge in [-0.05, 0) is 44.5 Å². The van der Waals surface area contributed by atoms with E-state index in [9.17, 15) is 19.7 Å². The number of ether oxygens (including phenoxy) is 2. The highest BCUT2D eigenvalue weighted by molar-refractivity contribution is 6.09. The Kier molecular flexibility index (Phi) is 5.88. The molecule has 1 atom stereocenters. The van der Waals surface area contributed by atoms with Crippen LogP contribution in [0.2, 0.25) is 0 Å². The summed E-state index contributed by atoms with van der Waals surface area (Å²) in [5.41, 5.74) is -1.18. The van der Waals surface area contributed by atoms with E-state index in [1.54, 1.807) is 39.0 Å². The van der Waals surface area contributed by atoms with Crippen LogP contribution in [-0.2, 0) is 21.6 Å². The maximum Gasteiger partial charge on any atom is 0.408 e. The monoisotopic (exact) mass is 427 g/mol. The number of hydrogen-bond donors (Lipinski definition) is 1. The van der Waals surface area contributed by atoms with Crippen molar-refractivity contribution in [1.82, 2.24) is 5.32 Å². The number of fused-ring (bicyclic) bond motifs is 1. The number of nitro groups is 1. The van der Waals surface area contributed by atoms with Crippen molar-refractivity contribution in [3.63, 3.8) is 0 Å². The van der Waals surface area contributed by atoms with Crippen molar-refractivity contribution in [2.45, 2.75) is 38.5 Å². The smallest absolute Gasteiger partial charge is 0.408 e. The van der Waals surface area contributed by atoms with Crippen LogP contribution >= 0.6 is 0 Å². The molecule has 1 aliphatic heterocycles. The SMILES string of the molecule is COc1ccc2c(c1)[C@](C[N+](=O)[O-])(NC(=O)OC(C)(C)C)C(=O)N2Cc1ccccc1. The van der Waals surface area contributed by atoms with Gasteiger partial charge in [-0.2, -0.15) is 0 Å². The van der Waals surface area contributed by atoms with Crippen LogP contribution in [0.3, 0.4) is 0 Å². The number of anilines is 1. The Balaban J connectivity index is 2.11. The highest BCUT2D eigenvalue weighted by Crippen LogP contribution is 2.43.